The molecule has 0 radical (unpaired) electrons. The summed E-state index contributed by atoms with van der Waals surface area (Å²) in [4.78, 5) is 10.1. The molecule has 0 atom stereocenters. The van der Waals surface area contributed by atoms with Crippen molar-refractivity contribution in [2.24, 2.45) is 0 Å². The van der Waals surface area contributed by atoms with Crippen LogP contribution in [0, 0.1) is 11.6 Å². The van der Waals surface area contributed by atoms with Crippen LogP contribution in [0.2, 0.25) is 0 Å². The number of hydrogen-bond donors (Lipinski definition) is 1. The first-order valence-corrected chi connectivity index (χ1v) is 4.10. The van der Waals surface area contributed by atoms with Crippen molar-refractivity contribution in [2.75, 3.05) is 14.2 Å². The minimum atomic E-state index is -0.811. The van der Waals surface area contributed by atoms with Crippen molar-refractivity contribution in [2.45, 2.75) is 6.42 Å². The van der Waals surface area contributed by atoms with Crippen LogP contribution in [0.25, 0.3) is 0 Å². The monoisotopic (exact) mass is 218 g/mol. The summed E-state index contributed by atoms with van der Waals surface area (Å²) in [5.41, 5.74) is 0.133. The maximum atomic E-state index is 13.2. The van der Waals surface area contributed by atoms with Gasteiger partial charge in [0, 0.05) is 13.5 Å². The summed E-state index contributed by atoms with van der Waals surface area (Å²) in [5, 5.41) is 7.00. The van der Waals surface area contributed by atoms with Gasteiger partial charge in [-0.1, -0.05) is 6.07 Å². The van der Waals surface area contributed by atoms with Crippen molar-refractivity contribution in [3.8, 4) is 5.75 Å². The van der Waals surface area contributed by atoms with E-state index in [1.807, 2.05) is 0 Å². The topological polar surface area (TPSA) is 46.5 Å². The van der Waals surface area contributed by atoms with Crippen LogP contribution in [-0.2, 0) is 11.2 Å². The number of halogens is 2. The molecule has 0 unspecified atom stereocenters. The molecule has 0 fully saturated rings. The number of carbonyl (C=O) groups is 1. The molecule has 84 valence electrons. The first-order valence-electron chi connectivity index (χ1n) is 4.10. The van der Waals surface area contributed by atoms with E-state index in [4.69, 9.17) is 5.11 Å². The van der Waals surface area contributed by atoms with Gasteiger partial charge in [0.1, 0.15) is 6.29 Å². The number of rotatable bonds is 3. The van der Waals surface area contributed by atoms with Gasteiger partial charge in [0.05, 0.1) is 7.11 Å². The quantitative estimate of drug-likeness (QED) is 0.778. The van der Waals surface area contributed by atoms with Crippen molar-refractivity contribution in [1.29, 1.82) is 0 Å². The van der Waals surface area contributed by atoms with Crippen LogP contribution >= 0.6 is 0 Å². The Kier molecular flexibility index (Phi) is 6.21. The van der Waals surface area contributed by atoms with Crippen molar-refractivity contribution < 1.29 is 23.4 Å². The Balaban J connectivity index is 0.000000921. The lowest BCUT2D eigenvalue weighted by Crippen LogP contribution is -1.98. The fourth-order valence-electron chi connectivity index (χ4n) is 1.01. The summed E-state index contributed by atoms with van der Waals surface area (Å²) in [6.45, 7) is 0. The number of carbonyl (C=O) groups excluding carboxylic acids is 1. The first-order chi connectivity index (χ1) is 7.20. The molecule has 0 aliphatic rings. The molecule has 0 aliphatic heterocycles. The smallest absolute Gasteiger partial charge is 0.190 e. The van der Waals surface area contributed by atoms with Gasteiger partial charge in [0.25, 0.3) is 0 Å². The number of aliphatic hydroxyl groups is 1. The maximum Gasteiger partial charge on any atom is 0.190 e. The van der Waals surface area contributed by atoms with Gasteiger partial charge >= 0.3 is 0 Å². The second-order valence-corrected chi connectivity index (χ2v) is 2.42. The highest BCUT2D eigenvalue weighted by Gasteiger charge is 2.13. The molecule has 5 heteroatoms. The predicted octanol–water partition coefficient (Wildman–Crippen LogP) is 1.32. The number of methoxy groups -OCH3 is 1. The summed E-state index contributed by atoms with van der Waals surface area (Å²) in [7, 11) is 2.17. The molecule has 0 saturated heterocycles. The van der Waals surface area contributed by atoms with Crippen LogP contribution in [0.1, 0.15) is 5.56 Å². The van der Waals surface area contributed by atoms with Crippen molar-refractivity contribution in [3.05, 3.63) is 29.3 Å². The molecular formula is C10H12F2O3. The average Bonchev–Trinajstić information content (AvgIpc) is 2.26. The SMILES string of the molecule is CO.COc1c(F)ccc(CC=O)c1F. The predicted molar refractivity (Wildman–Crippen MR) is 50.8 cm³/mol. The van der Waals surface area contributed by atoms with Gasteiger partial charge in [0.2, 0.25) is 0 Å². The largest absolute Gasteiger partial charge is 0.491 e. The Labute approximate surface area is 86.3 Å². The van der Waals surface area contributed by atoms with Crippen LogP contribution in [0.5, 0.6) is 5.75 Å². The summed E-state index contributed by atoms with van der Waals surface area (Å²) in [6, 6.07) is 2.29. The van der Waals surface area contributed by atoms with Crippen LogP contribution in [0.15, 0.2) is 12.1 Å². The van der Waals surface area contributed by atoms with Gasteiger partial charge in [-0.3, -0.25) is 0 Å². The van der Waals surface area contributed by atoms with Crippen LogP contribution < -0.4 is 4.74 Å². The molecule has 0 amide bonds. The molecule has 1 N–H and O–H groups in total. The zero-order valence-electron chi connectivity index (χ0n) is 8.46. The van der Waals surface area contributed by atoms with E-state index in [0.717, 1.165) is 13.2 Å². The number of aldehydes is 1. The lowest BCUT2D eigenvalue weighted by molar-refractivity contribution is -0.107. The van der Waals surface area contributed by atoms with Crippen LogP contribution in [-0.4, -0.2) is 25.6 Å². The van der Waals surface area contributed by atoms with Crippen molar-refractivity contribution in [1.82, 2.24) is 0 Å². The summed E-state index contributed by atoms with van der Waals surface area (Å²) >= 11 is 0. The Hall–Kier alpha value is -1.49. The molecule has 0 spiro atoms. The van der Waals surface area contributed by atoms with E-state index in [0.29, 0.717) is 6.29 Å². The minimum absolute atomic E-state index is 0.0809. The average molecular weight is 218 g/mol. The molecule has 0 heterocycles. The zero-order chi connectivity index (χ0) is 11.8. The molecular weight excluding hydrogens is 206 g/mol. The molecule has 15 heavy (non-hydrogen) atoms. The third-order valence-corrected chi connectivity index (χ3v) is 1.64. The van der Waals surface area contributed by atoms with Crippen LogP contribution in [0.4, 0.5) is 8.78 Å². The molecule has 1 aromatic carbocycles. The lowest BCUT2D eigenvalue weighted by atomic mass is 10.1. The van der Waals surface area contributed by atoms with Crippen molar-refractivity contribution in [3.63, 3.8) is 0 Å². The zero-order valence-corrected chi connectivity index (χ0v) is 8.46. The highest BCUT2D eigenvalue weighted by molar-refractivity contribution is 5.55. The van der Waals surface area contributed by atoms with E-state index >= 15 is 0 Å². The number of aliphatic hydroxyl groups excluding tert-OH is 1. The molecule has 0 bridgehead atoms. The normalized spacial score (nSPS) is 8.87. The minimum Gasteiger partial charge on any atom is -0.491 e. The Bertz CT molecular complexity index is 327. The highest BCUT2D eigenvalue weighted by Crippen LogP contribution is 2.23. The summed E-state index contributed by atoms with van der Waals surface area (Å²) in [5.74, 6) is -2.02. The standard InChI is InChI=1S/C9H8F2O2.CH4O/c1-13-9-7(10)3-2-6(4-5-12)8(9)11;1-2/h2-3,5H,4H2,1H3;2H,1H3. The van der Waals surface area contributed by atoms with E-state index in [1.54, 1.807) is 0 Å². The third-order valence-electron chi connectivity index (χ3n) is 1.64. The van der Waals surface area contributed by atoms with Gasteiger partial charge in [0.15, 0.2) is 17.4 Å². The number of benzene rings is 1. The third kappa shape index (κ3) is 3.28. The molecule has 1 aromatic rings. The fraction of sp³-hybridized carbons (Fsp3) is 0.300. The van der Waals surface area contributed by atoms with Gasteiger partial charge in [-0.05, 0) is 11.6 Å². The molecule has 3 nitrogen and oxygen atoms in total. The Morgan fingerprint density at radius 3 is 2.47 bits per heavy atom. The fourth-order valence-corrected chi connectivity index (χ4v) is 1.01. The van der Waals surface area contributed by atoms with Gasteiger partial charge < -0.3 is 14.6 Å². The van der Waals surface area contributed by atoms with Gasteiger partial charge in [-0.25, -0.2) is 8.78 Å². The molecule has 0 saturated carbocycles. The number of ether oxygens (including phenoxy) is 1. The molecule has 1 rings (SSSR count). The van der Waals surface area contributed by atoms with Gasteiger partial charge in [-0.15, -0.1) is 0 Å². The van der Waals surface area contributed by atoms with Gasteiger partial charge in [-0.2, -0.15) is 0 Å². The summed E-state index contributed by atoms with van der Waals surface area (Å²) < 4.78 is 30.5. The van der Waals surface area contributed by atoms with E-state index in [2.05, 4.69) is 4.74 Å². The molecule has 0 aromatic heterocycles. The van der Waals surface area contributed by atoms with Crippen LogP contribution in [0.3, 0.4) is 0 Å². The Morgan fingerprint density at radius 2 is 2.00 bits per heavy atom. The van der Waals surface area contributed by atoms with E-state index in [-0.39, 0.29) is 12.0 Å². The van der Waals surface area contributed by atoms with Crippen molar-refractivity contribution >= 4 is 6.29 Å². The highest BCUT2D eigenvalue weighted by atomic mass is 19.1. The van der Waals surface area contributed by atoms with E-state index in [1.165, 1.54) is 13.2 Å². The molecule has 0 aliphatic carbocycles. The maximum absolute atomic E-state index is 13.2. The van der Waals surface area contributed by atoms with E-state index < -0.39 is 17.4 Å². The second kappa shape index (κ2) is 6.89. The van der Waals surface area contributed by atoms with E-state index in [9.17, 15) is 13.6 Å². The number of hydrogen-bond acceptors (Lipinski definition) is 3. The Morgan fingerprint density at radius 1 is 1.40 bits per heavy atom. The lowest BCUT2D eigenvalue weighted by Gasteiger charge is -2.05. The first kappa shape index (κ1) is 13.5. The summed E-state index contributed by atoms with van der Waals surface area (Å²) in [6.07, 6.45) is 0.470. The second-order valence-electron chi connectivity index (χ2n) is 2.42.